The minimum Gasteiger partial charge on any atom is -0.489 e. The summed E-state index contributed by atoms with van der Waals surface area (Å²) >= 11 is 0. The summed E-state index contributed by atoms with van der Waals surface area (Å²) in [5.41, 5.74) is 3.14. The van der Waals surface area contributed by atoms with Gasteiger partial charge in [-0.2, -0.15) is 0 Å². The van der Waals surface area contributed by atoms with Gasteiger partial charge in [-0.15, -0.1) is 0 Å². The van der Waals surface area contributed by atoms with Crippen LogP contribution in [0.1, 0.15) is 24.0 Å². The summed E-state index contributed by atoms with van der Waals surface area (Å²) in [4.78, 5) is 14.5. The van der Waals surface area contributed by atoms with Gasteiger partial charge in [0.1, 0.15) is 18.2 Å². The number of benzene rings is 2. The Morgan fingerprint density at radius 1 is 1.29 bits per heavy atom. The van der Waals surface area contributed by atoms with E-state index in [4.69, 9.17) is 9.47 Å². The summed E-state index contributed by atoms with van der Waals surface area (Å²) in [6.07, 6.45) is 1.09. The molecule has 150 valence electrons. The fourth-order valence-corrected chi connectivity index (χ4v) is 3.32. The molecule has 1 aliphatic heterocycles. The molecule has 0 aromatic heterocycles. The van der Waals surface area contributed by atoms with Crippen molar-refractivity contribution in [2.24, 2.45) is 0 Å². The monoisotopic (exact) mass is 386 g/mol. The summed E-state index contributed by atoms with van der Waals surface area (Å²) in [5, 5.41) is 2.93. The maximum atomic E-state index is 13.6. The van der Waals surface area contributed by atoms with Crippen LogP contribution in [0.15, 0.2) is 42.5 Å². The molecule has 2 aromatic carbocycles. The number of methoxy groups -OCH3 is 1. The van der Waals surface area contributed by atoms with Gasteiger partial charge in [-0.3, -0.25) is 4.79 Å². The van der Waals surface area contributed by atoms with Crippen LogP contribution in [0.5, 0.6) is 5.75 Å². The van der Waals surface area contributed by atoms with Crippen LogP contribution in [0.4, 0.5) is 10.1 Å². The van der Waals surface area contributed by atoms with Crippen LogP contribution in [0.2, 0.25) is 0 Å². The molecule has 6 heteroatoms. The Balaban J connectivity index is 1.75. The topological polar surface area (TPSA) is 50.8 Å². The smallest absolute Gasteiger partial charge is 0.222 e. The van der Waals surface area contributed by atoms with E-state index in [9.17, 15) is 9.18 Å². The lowest BCUT2D eigenvalue weighted by molar-refractivity contribution is -0.121. The van der Waals surface area contributed by atoms with E-state index in [0.29, 0.717) is 38.5 Å². The molecule has 1 N–H and O–H groups in total. The van der Waals surface area contributed by atoms with Gasteiger partial charge in [0.25, 0.3) is 0 Å². The molecule has 1 aliphatic rings. The van der Waals surface area contributed by atoms with Crippen LogP contribution in [0.3, 0.4) is 0 Å². The first kappa shape index (κ1) is 20.1. The van der Waals surface area contributed by atoms with Crippen molar-refractivity contribution in [2.45, 2.75) is 32.4 Å². The Hall–Kier alpha value is -2.60. The highest BCUT2D eigenvalue weighted by Gasteiger charge is 2.29. The van der Waals surface area contributed by atoms with Gasteiger partial charge >= 0.3 is 0 Å². The van der Waals surface area contributed by atoms with E-state index in [1.54, 1.807) is 13.2 Å². The summed E-state index contributed by atoms with van der Waals surface area (Å²) in [7, 11) is 1.64. The third-order valence-electron chi connectivity index (χ3n) is 4.85. The lowest BCUT2D eigenvalue weighted by atomic mass is 10.1. The summed E-state index contributed by atoms with van der Waals surface area (Å²) < 4.78 is 24.4. The molecule has 0 unspecified atom stereocenters. The Morgan fingerprint density at radius 3 is 2.82 bits per heavy atom. The van der Waals surface area contributed by atoms with Crippen LogP contribution in [0.25, 0.3) is 0 Å². The molecule has 0 fully saturated rings. The number of nitrogens with zero attached hydrogens (tertiary/aromatic N) is 1. The minimum atomic E-state index is -0.330. The largest absolute Gasteiger partial charge is 0.489 e. The highest BCUT2D eigenvalue weighted by atomic mass is 19.1. The van der Waals surface area contributed by atoms with Gasteiger partial charge in [0.05, 0.1) is 18.2 Å². The van der Waals surface area contributed by atoms with Gasteiger partial charge in [0.2, 0.25) is 5.91 Å². The fraction of sp³-hybridized carbons (Fsp3) is 0.409. The van der Waals surface area contributed by atoms with Crippen LogP contribution < -0.4 is 15.0 Å². The standard InChI is InChI=1S/C22H27FN2O3/c1-16-4-6-17(7-5-16)14-25-19(13-22(26)24-10-3-11-27-2)15-28-21-12-18(23)8-9-20(21)25/h4-9,12,19H,3,10-11,13-15H2,1-2H3,(H,24,26)/t19-/m0/s1. The number of carbonyl (C=O) groups excluding carboxylic acids is 1. The fourth-order valence-electron chi connectivity index (χ4n) is 3.32. The quantitative estimate of drug-likeness (QED) is 0.706. The first-order valence-electron chi connectivity index (χ1n) is 9.57. The van der Waals surface area contributed by atoms with Gasteiger partial charge in [0, 0.05) is 32.9 Å². The Bertz CT molecular complexity index is 795. The molecule has 1 heterocycles. The lowest BCUT2D eigenvalue weighted by Crippen LogP contribution is -2.45. The van der Waals surface area contributed by atoms with Gasteiger partial charge in [-0.25, -0.2) is 4.39 Å². The van der Waals surface area contributed by atoms with Crippen molar-refractivity contribution >= 4 is 11.6 Å². The van der Waals surface area contributed by atoms with E-state index in [1.165, 1.54) is 17.7 Å². The first-order valence-corrected chi connectivity index (χ1v) is 9.57. The lowest BCUT2D eigenvalue weighted by Gasteiger charge is -2.38. The molecule has 0 saturated heterocycles. The van der Waals surface area contributed by atoms with Gasteiger partial charge in [-0.1, -0.05) is 29.8 Å². The zero-order valence-corrected chi connectivity index (χ0v) is 16.4. The highest BCUT2D eigenvalue weighted by molar-refractivity contribution is 5.77. The van der Waals surface area contributed by atoms with Gasteiger partial charge in [0.15, 0.2) is 0 Å². The van der Waals surface area contributed by atoms with E-state index in [2.05, 4.69) is 34.5 Å². The number of halogens is 1. The second kappa shape index (κ2) is 9.55. The maximum absolute atomic E-state index is 13.6. The average molecular weight is 386 g/mol. The highest BCUT2D eigenvalue weighted by Crippen LogP contribution is 2.36. The van der Waals surface area contributed by atoms with Crippen LogP contribution in [0, 0.1) is 12.7 Å². The number of nitrogens with one attached hydrogen (secondary N) is 1. The second-order valence-corrected chi connectivity index (χ2v) is 7.09. The molecule has 0 saturated carbocycles. The SMILES string of the molecule is COCCCNC(=O)C[C@H]1COc2cc(F)ccc2N1Cc1ccc(C)cc1. The third-order valence-corrected chi connectivity index (χ3v) is 4.85. The molecule has 2 aromatic rings. The zero-order valence-electron chi connectivity index (χ0n) is 16.4. The number of hydrogen-bond donors (Lipinski definition) is 1. The number of rotatable bonds is 8. The number of hydrogen-bond acceptors (Lipinski definition) is 4. The van der Waals surface area contributed by atoms with Crippen molar-refractivity contribution in [3.63, 3.8) is 0 Å². The molecule has 0 radical (unpaired) electrons. The van der Waals surface area contributed by atoms with Crippen LogP contribution in [-0.2, 0) is 16.1 Å². The molecular weight excluding hydrogens is 359 g/mol. The average Bonchev–Trinajstić information content (AvgIpc) is 2.68. The second-order valence-electron chi connectivity index (χ2n) is 7.09. The van der Waals surface area contributed by atoms with Gasteiger partial charge in [-0.05, 0) is 31.0 Å². The molecular formula is C22H27FN2O3. The molecule has 1 atom stereocenters. The van der Waals surface area contributed by atoms with Crippen LogP contribution in [-0.4, -0.2) is 38.8 Å². The molecule has 0 spiro atoms. The Labute approximate surface area is 165 Å². The van der Waals surface area contributed by atoms with Crippen LogP contribution >= 0.6 is 0 Å². The minimum absolute atomic E-state index is 0.0239. The van der Waals surface area contributed by atoms with E-state index >= 15 is 0 Å². The summed E-state index contributed by atoms with van der Waals surface area (Å²) in [6, 6.07) is 12.7. The number of amides is 1. The van der Waals surface area contributed by atoms with E-state index in [0.717, 1.165) is 17.7 Å². The predicted molar refractivity (Wildman–Crippen MR) is 107 cm³/mol. The van der Waals surface area contributed by atoms with Crippen molar-refractivity contribution in [2.75, 3.05) is 31.8 Å². The van der Waals surface area contributed by atoms with Crippen molar-refractivity contribution in [3.05, 3.63) is 59.4 Å². The number of carbonyl (C=O) groups is 1. The molecule has 3 rings (SSSR count). The molecule has 0 aliphatic carbocycles. The molecule has 1 amide bonds. The Morgan fingerprint density at radius 2 is 2.07 bits per heavy atom. The number of ether oxygens (including phenoxy) is 2. The zero-order chi connectivity index (χ0) is 19.9. The van der Waals surface area contributed by atoms with E-state index < -0.39 is 0 Å². The number of fused-ring (bicyclic) bond motifs is 1. The van der Waals surface area contributed by atoms with Crippen molar-refractivity contribution in [3.8, 4) is 5.75 Å². The van der Waals surface area contributed by atoms with E-state index in [1.807, 2.05) is 6.92 Å². The normalized spacial score (nSPS) is 15.7. The maximum Gasteiger partial charge on any atom is 0.222 e. The van der Waals surface area contributed by atoms with Crippen molar-refractivity contribution < 1.29 is 18.7 Å². The Kier molecular flexibility index (Phi) is 6.87. The predicted octanol–water partition coefficient (Wildman–Crippen LogP) is 3.44. The van der Waals surface area contributed by atoms with E-state index in [-0.39, 0.29) is 17.8 Å². The van der Waals surface area contributed by atoms with Crippen molar-refractivity contribution in [1.82, 2.24) is 5.32 Å². The molecule has 28 heavy (non-hydrogen) atoms. The summed E-state index contributed by atoms with van der Waals surface area (Å²) in [6.45, 7) is 4.22. The molecule has 5 nitrogen and oxygen atoms in total. The number of aryl methyl sites for hydroxylation is 1. The van der Waals surface area contributed by atoms with Crippen molar-refractivity contribution in [1.29, 1.82) is 0 Å². The third kappa shape index (κ3) is 5.23. The summed E-state index contributed by atoms with van der Waals surface area (Å²) in [5.74, 6) is 0.163. The molecule has 0 bridgehead atoms. The first-order chi connectivity index (χ1) is 13.6. The number of anilines is 1. The van der Waals surface area contributed by atoms with Gasteiger partial charge < -0.3 is 19.7 Å².